The Hall–Kier alpha value is -2.28. The summed E-state index contributed by atoms with van der Waals surface area (Å²) in [7, 11) is 0. The highest BCUT2D eigenvalue weighted by atomic mass is 32.1. The number of carbonyl (C=O) groups excluding carboxylic acids is 1. The second-order valence-electron chi connectivity index (χ2n) is 4.58. The minimum atomic E-state index is -1.15. The van der Waals surface area contributed by atoms with Crippen LogP contribution in [0.2, 0.25) is 0 Å². The number of rotatable bonds is 6. The highest BCUT2D eigenvalue weighted by Crippen LogP contribution is 2.27. The van der Waals surface area contributed by atoms with Gasteiger partial charge in [-0.25, -0.2) is 0 Å². The fourth-order valence-corrected chi connectivity index (χ4v) is 2.54. The summed E-state index contributed by atoms with van der Waals surface area (Å²) in [5.41, 5.74) is -0.291. The van der Waals surface area contributed by atoms with Crippen molar-refractivity contribution in [3.63, 3.8) is 0 Å². The molecule has 2 N–H and O–H groups in total. The molecule has 0 aliphatic heterocycles. The lowest BCUT2D eigenvalue weighted by Crippen LogP contribution is -2.46. The quantitative estimate of drug-likeness (QED) is 0.847. The summed E-state index contributed by atoms with van der Waals surface area (Å²) in [6.45, 7) is 1.79. The first-order chi connectivity index (χ1) is 10.1. The van der Waals surface area contributed by atoms with Gasteiger partial charge in [0.2, 0.25) is 0 Å². The fourth-order valence-electron chi connectivity index (χ4n) is 2.13. The van der Waals surface area contributed by atoms with Gasteiger partial charge in [-0.05, 0) is 12.0 Å². The zero-order chi connectivity index (χ0) is 15.3. The van der Waals surface area contributed by atoms with Crippen molar-refractivity contribution in [2.75, 3.05) is 6.54 Å². The Morgan fingerprint density at radius 2 is 2.05 bits per heavy atom. The Morgan fingerprint density at radius 1 is 1.33 bits per heavy atom. The van der Waals surface area contributed by atoms with E-state index in [-0.39, 0.29) is 12.2 Å². The highest BCUT2D eigenvalue weighted by Gasteiger charge is 2.39. The van der Waals surface area contributed by atoms with Gasteiger partial charge in [0, 0.05) is 6.54 Å². The number of aromatic nitrogens is 2. The zero-order valence-electron chi connectivity index (χ0n) is 11.4. The molecule has 0 fully saturated rings. The molecule has 0 spiro atoms. The number of amides is 1. The largest absolute Gasteiger partial charge is 0.481 e. The van der Waals surface area contributed by atoms with Gasteiger partial charge in [0.1, 0.15) is 5.41 Å². The molecule has 2 aromatic rings. The number of nitrogens with one attached hydrogen (secondary N) is 1. The van der Waals surface area contributed by atoms with Gasteiger partial charge in [0.25, 0.3) is 5.91 Å². The molecule has 0 aliphatic rings. The number of hydrogen-bond donors (Lipinski definition) is 2. The lowest BCUT2D eigenvalue weighted by Gasteiger charge is -2.28. The Labute approximate surface area is 126 Å². The second kappa shape index (κ2) is 6.45. The molecule has 1 aromatic heterocycles. The molecule has 0 bridgehead atoms. The van der Waals surface area contributed by atoms with E-state index in [9.17, 15) is 14.7 Å². The van der Waals surface area contributed by atoms with Gasteiger partial charge in [0.05, 0.1) is 17.9 Å². The van der Waals surface area contributed by atoms with Gasteiger partial charge in [-0.15, -0.1) is 0 Å². The zero-order valence-corrected chi connectivity index (χ0v) is 12.3. The fraction of sp³-hybridized carbons (Fsp3) is 0.286. The van der Waals surface area contributed by atoms with Crippen LogP contribution in [-0.2, 0) is 10.2 Å². The first-order valence-corrected chi connectivity index (χ1v) is 7.18. The lowest BCUT2D eigenvalue weighted by molar-refractivity contribution is -0.143. The van der Waals surface area contributed by atoms with Crippen LogP contribution in [0.15, 0.2) is 36.5 Å². The van der Waals surface area contributed by atoms with Crippen LogP contribution < -0.4 is 5.32 Å². The monoisotopic (exact) mass is 305 g/mol. The Morgan fingerprint density at radius 3 is 2.57 bits per heavy atom. The van der Waals surface area contributed by atoms with E-state index in [0.29, 0.717) is 12.0 Å². The first-order valence-electron chi connectivity index (χ1n) is 6.45. The molecule has 2 rings (SSSR count). The molecule has 0 saturated carbocycles. The average molecular weight is 305 g/mol. The van der Waals surface area contributed by atoms with Crippen molar-refractivity contribution in [2.24, 2.45) is 0 Å². The van der Waals surface area contributed by atoms with Crippen LogP contribution >= 0.6 is 11.7 Å². The minimum absolute atomic E-state index is 0.000787. The number of carboxylic acid groups (broad SMARTS) is 1. The third kappa shape index (κ3) is 3.08. The van der Waals surface area contributed by atoms with Crippen molar-refractivity contribution in [2.45, 2.75) is 18.8 Å². The van der Waals surface area contributed by atoms with Gasteiger partial charge in [0.15, 0.2) is 5.69 Å². The van der Waals surface area contributed by atoms with Crippen LogP contribution in [0.1, 0.15) is 29.4 Å². The number of aliphatic carboxylic acids is 1. The molecule has 7 heteroatoms. The van der Waals surface area contributed by atoms with Crippen molar-refractivity contribution in [3.8, 4) is 0 Å². The summed E-state index contributed by atoms with van der Waals surface area (Å²) >= 11 is 0.933. The van der Waals surface area contributed by atoms with E-state index in [1.807, 2.05) is 6.07 Å². The van der Waals surface area contributed by atoms with Crippen molar-refractivity contribution in [1.29, 1.82) is 0 Å². The van der Waals surface area contributed by atoms with Gasteiger partial charge in [-0.1, -0.05) is 37.3 Å². The molecular weight excluding hydrogens is 290 g/mol. The Bertz CT molecular complexity index is 616. The van der Waals surface area contributed by atoms with Gasteiger partial charge in [-0.2, -0.15) is 8.75 Å². The van der Waals surface area contributed by atoms with E-state index in [1.165, 1.54) is 6.20 Å². The third-order valence-corrected chi connectivity index (χ3v) is 3.96. The van der Waals surface area contributed by atoms with Gasteiger partial charge in [-0.3, -0.25) is 9.59 Å². The van der Waals surface area contributed by atoms with E-state index >= 15 is 0 Å². The van der Waals surface area contributed by atoms with E-state index in [2.05, 4.69) is 14.1 Å². The summed E-state index contributed by atoms with van der Waals surface area (Å²) < 4.78 is 7.59. The number of carbonyl (C=O) groups is 2. The van der Waals surface area contributed by atoms with Crippen LogP contribution in [-0.4, -0.2) is 32.3 Å². The summed E-state index contributed by atoms with van der Waals surface area (Å²) in [5.74, 6) is -1.38. The van der Waals surface area contributed by atoms with Crippen LogP contribution in [0, 0.1) is 0 Å². The molecule has 1 unspecified atom stereocenters. The minimum Gasteiger partial charge on any atom is -0.481 e. The third-order valence-electron chi connectivity index (χ3n) is 3.48. The summed E-state index contributed by atoms with van der Waals surface area (Å²) in [6.07, 6.45) is 1.72. The summed E-state index contributed by atoms with van der Waals surface area (Å²) in [6, 6.07) is 8.91. The normalized spacial score (nSPS) is 13.4. The molecule has 0 aliphatic carbocycles. The van der Waals surface area contributed by atoms with Crippen LogP contribution in [0.3, 0.4) is 0 Å². The Kier molecular flexibility index (Phi) is 4.64. The topological polar surface area (TPSA) is 92.2 Å². The standard InChI is InChI=1S/C14H15N3O3S/c1-2-14(13(19)20,10-6-4-3-5-7-10)9-15-12(18)11-8-16-21-17-11/h3-8H,2,9H2,1H3,(H,15,18)(H,19,20). The molecule has 21 heavy (non-hydrogen) atoms. The Balaban J connectivity index is 2.22. The van der Waals surface area contributed by atoms with Crippen molar-refractivity contribution in [1.82, 2.24) is 14.1 Å². The van der Waals surface area contributed by atoms with E-state index in [4.69, 9.17) is 0 Å². The second-order valence-corrected chi connectivity index (χ2v) is 5.14. The van der Waals surface area contributed by atoms with Crippen LogP contribution in [0.25, 0.3) is 0 Å². The molecule has 110 valence electrons. The molecule has 1 amide bonds. The first kappa shape index (κ1) is 15.1. The maximum atomic E-state index is 11.9. The van der Waals surface area contributed by atoms with E-state index in [1.54, 1.807) is 31.2 Å². The molecule has 0 saturated heterocycles. The predicted octanol–water partition coefficient (Wildman–Crippen LogP) is 1.70. The molecule has 1 aromatic carbocycles. The molecule has 1 heterocycles. The molecule has 1 atom stereocenters. The maximum Gasteiger partial charge on any atom is 0.315 e. The van der Waals surface area contributed by atoms with Crippen molar-refractivity contribution < 1.29 is 14.7 Å². The van der Waals surface area contributed by atoms with Gasteiger partial charge >= 0.3 is 5.97 Å². The van der Waals surface area contributed by atoms with Crippen LogP contribution in [0.5, 0.6) is 0 Å². The highest BCUT2D eigenvalue weighted by molar-refractivity contribution is 6.99. The molecular formula is C14H15N3O3S. The maximum absolute atomic E-state index is 11.9. The summed E-state index contributed by atoms with van der Waals surface area (Å²) in [5, 5.41) is 12.3. The SMILES string of the molecule is CCC(CNC(=O)c1cnsn1)(C(=O)O)c1ccccc1. The van der Waals surface area contributed by atoms with E-state index < -0.39 is 17.3 Å². The van der Waals surface area contributed by atoms with Crippen molar-refractivity contribution in [3.05, 3.63) is 47.8 Å². The molecule has 0 radical (unpaired) electrons. The van der Waals surface area contributed by atoms with Crippen LogP contribution in [0.4, 0.5) is 0 Å². The van der Waals surface area contributed by atoms with Gasteiger partial charge < -0.3 is 10.4 Å². The average Bonchev–Trinajstić information content (AvgIpc) is 3.03. The predicted molar refractivity (Wildman–Crippen MR) is 78.3 cm³/mol. The number of carboxylic acids is 1. The summed E-state index contributed by atoms with van der Waals surface area (Å²) in [4.78, 5) is 23.7. The number of benzene rings is 1. The number of nitrogens with zero attached hydrogens (tertiary/aromatic N) is 2. The lowest BCUT2D eigenvalue weighted by atomic mass is 9.78. The van der Waals surface area contributed by atoms with Crippen molar-refractivity contribution >= 4 is 23.6 Å². The smallest absolute Gasteiger partial charge is 0.315 e. The number of hydrogen-bond acceptors (Lipinski definition) is 5. The molecule has 6 nitrogen and oxygen atoms in total. The van der Waals surface area contributed by atoms with E-state index in [0.717, 1.165) is 11.7 Å².